The molecule has 1 N–H and O–H groups in total. The number of hydrogen-bond acceptors (Lipinski definition) is 4. The number of fused-ring (bicyclic) bond motifs is 1. The van der Waals surface area contributed by atoms with E-state index in [0.717, 1.165) is 37.1 Å². The van der Waals surface area contributed by atoms with Crippen LogP contribution in [0.5, 0.6) is 0 Å². The van der Waals surface area contributed by atoms with Gasteiger partial charge < -0.3 is 19.6 Å². The first kappa shape index (κ1) is 26.9. The highest BCUT2D eigenvalue weighted by Crippen LogP contribution is 2.40. The maximum absolute atomic E-state index is 14.3. The fourth-order valence-corrected chi connectivity index (χ4v) is 6.48. The van der Waals surface area contributed by atoms with Crippen LogP contribution in [0.25, 0.3) is 0 Å². The normalized spacial score (nSPS) is 25.6. The van der Waals surface area contributed by atoms with Gasteiger partial charge in [0.05, 0.1) is 29.7 Å². The average molecular weight is 557 g/mol. The van der Waals surface area contributed by atoms with Gasteiger partial charge >= 0.3 is 18.0 Å². The Hall–Kier alpha value is -4.27. The number of hydrogen-bond donors (Lipinski definition) is 1. The fraction of sp³-hybridized carbons (Fsp3) is 0.406. The summed E-state index contributed by atoms with van der Waals surface area (Å²) in [7, 11) is 0. The molecule has 0 aromatic heterocycles. The average Bonchev–Trinajstić information content (AvgIpc) is 3.00. The molecule has 4 atom stereocenters. The molecule has 4 amide bonds. The minimum atomic E-state index is -1.17. The Balaban J connectivity index is 1.28. The summed E-state index contributed by atoms with van der Waals surface area (Å²) in [6.07, 6.45) is 8.37. The van der Waals surface area contributed by atoms with Crippen molar-refractivity contribution >= 4 is 29.4 Å². The van der Waals surface area contributed by atoms with E-state index in [2.05, 4.69) is 13.0 Å². The lowest BCUT2D eigenvalue weighted by molar-refractivity contribution is -0.144. The number of amides is 4. The van der Waals surface area contributed by atoms with Crippen LogP contribution in [-0.2, 0) is 9.53 Å². The number of allylic oxidation sites excluding steroid dienone is 3. The Morgan fingerprint density at radius 1 is 0.927 bits per heavy atom. The summed E-state index contributed by atoms with van der Waals surface area (Å²) >= 11 is 0. The molecule has 4 aliphatic rings. The SMILES string of the molecule is CC1C=CC2=C(C1)N(C(=O)N1CCN(C(=O)N(c3ccccc3)c3ccccc3)C[C@H]1C(=O)O)C1CCCCC1O2. The molecule has 0 radical (unpaired) electrons. The van der Waals surface area contributed by atoms with E-state index in [1.165, 1.54) is 4.90 Å². The number of carbonyl (C=O) groups is 3. The van der Waals surface area contributed by atoms with E-state index in [1.54, 1.807) is 9.80 Å². The van der Waals surface area contributed by atoms with E-state index in [9.17, 15) is 19.5 Å². The third-order valence-corrected chi connectivity index (χ3v) is 8.55. The van der Waals surface area contributed by atoms with Crippen molar-refractivity contribution in [1.82, 2.24) is 14.7 Å². The van der Waals surface area contributed by atoms with E-state index < -0.39 is 12.0 Å². The summed E-state index contributed by atoms with van der Waals surface area (Å²) in [5.74, 6) is -0.150. The number of aliphatic carboxylic acids is 1. The Morgan fingerprint density at radius 2 is 1.59 bits per heavy atom. The number of urea groups is 2. The quantitative estimate of drug-likeness (QED) is 0.532. The topological polar surface area (TPSA) is 93.6 Å². The molecule has 2 aliphatic heterocycles. The van der Waals surface area contributed by atoms with Gasteiger partial charge in [-0.2, -0.15) is 0 Å². The van der Waals surface area contributed by atoms with Crippen molar-refractivity contribution in [3.05, 3.63) is 84.3 Å². The molecule has 214 valence electrons. The molecule has 2 aliphatic carbocycles. The fourth-order valence-electron chi connectivity index (χ4n) is 6.48. The zero-order valence-corrected chi connectivity index (χ0v) is 23.3. The molecule has 0 spiro atoms. The first-order chi connectivity index (χ1) is 19.9. The minimum absolute atomic E-state index is 0.0963. The standard InChI is InChI=1S/C32H36N4O5/c1-22-16-17-29-26(20-22)36(25-14-8-9-15-28(25)41-29)32(40)34-19-18-33(21-27(34)30(37)38)31(39)35(23-10-4-2-5-11-23)24-12-6-3-7-13-24/h2-7,10-13,16-17,22,25,27-28H,8-9,14-15,18-21H2,1H3,(H,37,38)/t22?,25?,27-,28?/m0/s1. The van der Waals surface area contributed by atoms with Crippen molar-refractivity contribution in [1.29, 1.82) is 0 Å². The largest absolute Gasteiger partial charge is 0.486 e. The number of rotatable bonds is 3. The van der Waals surface area contributed by atoms with Gasteiger partial charge in [0.2, 0.25) is 0 Å². The van der Waals surface area contributed by atoms with E-state index in [1.807, 2.05) is 71.6 Å². The van der Waals surface area contributed by atoms with Crippen LogP contribution in [0.4, 0.5) is 21.0 Å². The molecule has 2 fully saturated rings. The van der Waals surface area contributed by atoms with Gasteiger partial charge in [-0.3, -0.25) is 9.80 Å². The molecule has 2 aromatic carbocycles. The molecule has 2 heterocycles. The van der Waals surface area contributed by atoms with Gasteiger partial charge in [0.1, 0.15) is 17.9 Å². The summed E-state index contributed by atoms with van der Waals surface area (Å²) in [4.78, 5) is 47.3. The van der Waals surface area contributed by atoms with E-state index in [-0.39, 0.29) is 49.8 Å². The Kier molecular flexibility index (Phi) is 7.43. The lowest BCUT2D eigenvalue weighted by atomic mass is 9.87. The van der Waals surface area contributed by atoms with E-state index in [0.29, 0.717) is 17.8 Å². The molecule has 6 rings (SSSR count). The molecule has 9 heteroatoms. The maximum Gasteiger partial charge on any atom is 0.329 e. The van der Waals surface area contributed by atoms with Crippen LogP contribution in [0.15, 0.2) is 84.3 Å². The van der Waals surface area contributed by atoms with Gasteiger partial charge in [0.25, 0.3) is 0 Å². The third-order valence-electron chi connectivity index (χ3n) is 8.55. The number of nitrogens with zero attached hydrogens (tertiary/aromatic N) is 4. The summed E-state index contributed by atoms with van der Waals surface area (Å²) in [5.41, 5.74) is 2.21. The smallest absolute Gasteiger partial charge is 0.329 e. The molecule has 9 nitrogen and oxygen atoms in total. The number of carboxylic acid groups (broad SMARTS) is 1. The third kappa shape index (κ3) is 5.16. The predicted octanol–water partition coefficient (Wildman–Crippen LogP) is 5.59. The molecule has 1 saturated heterocycles. The van der Waals surface area contributed by atoms with Crippen molar-refractivity contribution in [3.8, 4) is 0 Å². The molecule has 41 heavy (non-hydrogen) atoms. The number of piperazine rings is 1. The second-order valence-electron chi connectivity index (χ2n) is 11.3. The van der Waals surface area contributed by atoms with Crippen molar-refractivity contribution in [3.63, 3.8) is 0 Å². The lowest BCUT2D eigenvalue weighted by Gasteiger charge is -2.49. The molecule has 1 saturated carbocycles. The van der Waals surface area contributed by atoms with Crippen molar-refractivity contribution in [2.24, 2.45) is 5.92 Å². The van der Waals surface area contributed by atoms with Gasteiger partial charge in [-0.25, -0.2) is 14.4 Å². The number of carbonyl (C=O) groups excluding carboxylic acids is 2. The molecule has 3 unspecified atom stereocenters. The zero-order valence-electron chi connectivity index (χ0n) is 23.3. The Morgan fingerprint density at radius 3 is 2.24 bits per heavy atom. The van der Waals surface area contributed by atoms with Gasteiger partial charge in [-0.1, -0.05) is 55.8 Å². The maximum atomic E-state index is 14.3. The van der Waals surface area contributed by atoms with Crippen molar-refractivity contribution in [2.45, 2.75) is 57.2 Å². The Labute approximate surface area is 240 Å². The lowest BCUT2D eigenvalue weighted by Crippen LogP contribution is -2.65. The number of para-hydroxylation sites is 2. The highest BCUT2D eigenvalue weighted by molar-refractivity contribution is 6.00. The molecular formula is C32H36N4O5. The molecular weight excluding hydrogens is 520 g/mol. The van der Waals surface area contributed by atoms with Crippen LogP contribution in [-0.4, -0.2) is 75.7 Å². The summed E-state index contributed by atoms with van der Waals surface area (Å²) in [6.45, 7) is 2.36. The van der Waals surface area contributed by atoms with Gasteiger partial charge in [-0.15, -0.1) is 0 Å². The number of ether oxygens (including phenoxy) is 1. The first-order valence-corrected chi connectivity index (χ1v) is 14.5. The predicted molar refractivity (Wildman–Crippen MR) is 154 cm³/mol. The molecule has 0 bridgehead atoms. The minimum Gasteiger partial charge on any atom is -0.486 e. The van der Waals surface area contributed by atoms with Crippen LogP contribution < -0.4 is 4.90 Å². The monoisotopic (exact) mass is 556 g/mol. The van der Waals surface area contributed by atoms with Crippen molar-refractivity contribution < 1.29 is 24.2 Å². The zero-order chi connectivity index (χ0) is 28.5. The summed E-state index contributed by atoms with van der Waals surface area (Å²) in [6, 6.07) is 16.7. The Bertz CT molecular complexity index is 1320. The van der Waals surface area contributed by atoms with E-state index in [4.69, 9.17) is 4.74 Å². The van der Waals surface area contributed by atoms with Gasteiger partial charge in [-0.05, 0) is 61.9 Å². The van der Waals surface area contributed by atoms with Crippen LogP contribution in [0.3, 0.4) is 0 Å². The highest BCUT2D eigenvalue weighted by atomic mass is 16.5. The first-order valence-electron chi connectivity index (χ1n) is 14.5. The highest BCUT2D eigenvalue weighted by Gasteiger charge is 2.47. The number of anilines is 2. The second kappa shape index (κ2) is 11.3. The van der Waals surface area contributed by atoms with Gasteiger partial charge in [0.15, 0.2) is 0 Å². The summed E-state index contributed by atoms with van der Waals surface area (Å²) < 4.78 is 6.35. The van der Waals surface area contributed by atoms with Gasteiger partial charge in [0, 0.05) is 13.1 Å². The summed E-state index contributed by atoms with van der Waals surface area (Å²) in [5, 5.41) is 10.3. The second-order valence-corrected chi connectivity index (χ2v) is 11.3. The number of benzene rings is 2. The number of carboxylic acids is 1. The van der Waals surface area contributed by atoms with Crippen molar-refractivity contribution in [2.75, 3.05) is 24.5 Å². The van der Waals surface area contributed by atoms with Crippen LogP contribution in [0, 0.1) is 5.92 Å². The van der Waals surface area contributed by atoms with E-state index >= 15 is 0 Å². The van der Waals surface area contributed by atoms with Crippen LogP contribution >= 0.6 is 0 Å². The molecule has 2 aromatic rings. The van der Waals surface area contributed by atoms with Crippen LogP contribution in [0.2, 0.25) is 0 Å². The van der Waals surface area contributed by atoms with Crippen LogP contribution in [0.1, 0.15) is 39.0 Å².